The van der Waals surface area contributed by atoms with Crippen molar-refractivity contribution in [2.45, 2.75) is 6.92 Å². The van der Waals surface area contributed by atoms with Crippen LogP contribution in [-0.2, 0) is 4.79 Å². The van der Waals surface area contributed by atoms with Crippen molar-refractivity contribution < 1.29 is 14.5 Å². The zero-order chi connectivity index (χ0) is 20.0. The number of benzene rings is 1. The number of carbonyl (C=O) groups excluding carboxylic acids is 1. The van der Waals surface area contributed by atoms with E-state index in [1.54, 1.807) is 19.1 Å². The maximum absolute atomic E-state index is 12.5. The van der Waals surface area contributed by atoms with Crippen LogP contribution in [0.1, 0.15) is 6.92 Å². The molecular formula is C17H14N6O4. The Labute approximate surface area is 154 Å². The molecule has 0 unspecified atom stereocenters. The molecule has 0 aliphatic carbocycles. The molecule has 1 heterocycles. The molecule has 1 aromatic rings. The van der Waals surface area contributed by atoms with Crippen molar-refractivity contribution in [1.82, 2.24) is 4.90 Å². The Hall–Kier alpha value is -4.18. The van der Waals surface area contributed by atoms with Crippen LogP contribution in [0.2, 0.25) is 0 Å². The predicted molar refractivity (Wildman–Crippen MR) is 95.5 cm³/mol. The molecule has 0 atom stereocenters. The van der Waals surface area contributed by atoms with Crippen LogP contribution in [0.3, 0.4) is 0 Å². The summed E-state index contributed by atoms with van der Waals surface area (Å²) in [5.41, 5.74) is 2.28. The first-order valence-electron chi connectivity index (χ1n) is 7.67. The number of rotatable bonds is 5. The van der Waals surface area contributed by atoms with Gasteiger partial charge in [-0.25, -0.2) is 0 Å². The van der Waals surface area contributed by atoms with E-state index in [9.17, 15) is 14.9 Å². The van der Waals surface area contributed by atoms with Crippen molar-refractivity contribution in [2.75, 3.05) is 19.1 Å². The van der Waals surface area contributed by atoms with Crippen LogP contribution in [0.15, 0.2) is 46.7 Å². The molecule has 1 aliphatic heterocycles. The monoisotopic (exact) mass is 366 g/mol. The number of nitrogens with one attached hydrogen (secondary N) is 1. The predicted octanol–water partition coefficient (Wildman–Crippen LogP) is 2.09. The second-order valence-corrected chi connectivity index (χ2v) is 5.12. The molecule has 1 N–H and O–H groups in total. The number of nitro benzene ring substituents is 1. The Kier molecular flexibility index (Phi) is 5.86. The molecule has 0 aromatic heterocycles. The molecule has 136 valence electrons. The number of hydrogen-bond acceptors (Lipinski definition) is 8. The summed E-state index contributed by atoms with van der Waals surface area (Å²) in [5, 5.41) is 33.1. The lowest BCUT2D eigenvalue weighted by Gasteiger charge is -2.25. The fourth-order valence-corrected chi connectivity index (χ4v) is 2.33. The van der Waals surface area contributed by atoms with Crippen LogP contribution in [0.5, 0.6) is 5.75 Å². The smallest absolute Gasteiger partial charge is 0.297 e. The van der Waals surface area contributed by atoms with E-state index in [2.05, 4.69) is 10.5 Å². The van der Waals surface area contributed by atoms with Gasteiger partial charge in [-0.2, -0.15) is 15.6 Å². The number of carbonyl (C=O) groups is 1. The molecule has 0 spiro atoms. The zero-order valence-corrected chi connectivity index (χ0v) is 14.5. The summed E-state index contributed by atoms with van der Waals surface area (Å²) >= 11 is 0. The maximum atomic E-state index is 12.5. The quantitative estimate of drug-likeness (QED) is 0.477. The maximum Gasteiger partial charge on any atom is 0.297 e. The normalized spacial score (nSPS) is 14.5. The number of allylic oxidation sites excluding steroid dienone is 2. The number of nitro groups is 1. The largest absolute Gasteiger partial charge is 0.496 e. The first-order chi connectivity index (χ1) is 13.0. The van der Waals surface area contributed by atoms with E-state index in [0.29, 0.717) is 5.75 Å². The fourth-order valence-electron chi connectivity index (χ4n) is 2.33. The third-order valence-electron chi connectivity index (χ3n) is 3.65. The van der Waals surface area contributed by atoms with E-state index < -0.39 is 10.8 Å². The van der Waals surface area contributed by atoms with Crippen LogP contribution in [-0.4, -0.2) is 35.1 Å². The minimum Gasteiger partial charge on any atom is -0.496 e. The summed E-state index contributed by atoms with van der Waals surface area (Å²) < 4.78 is 4.96. The zero-order valence-electron chi connectivity index (χ0n) is 14.5. The van der Waals surface area contributed by atoms with Crippen LogP contribution in [0, 0.1) is 32.8 Å². The average molecular weight is 366 g/mol. The molecule has 0 radical (unpaired) electrons. The molecule has 10 heteroatoms. The highest BCUT2D eigenvalue weighted by Gasteiger charge is 2.26. The van der Waals surface area contributed by atoms with Gasteiger partial charge in [0, 0.05) is 6.54 Å². The fraction of sp³-hybridized carbons (Fsp3) is 0.176. The van der Waals surface area contributed by atoms with Gasteiger partial charge in [0.2, 0.25) is 0 Å². The van der Waals surface area contributed by atoms with Crippen molar-refractivity contribution in [3.8, 4) is 17.9 Å². The highest BCUT2D eigenvalue weighted by Crippen LogP contribution is 2.29. The number of amides is 1. The molecule has 1 aliphatic rings. The summed E-state index contributed by atoms with van der Waals surface area (Å²) in [5.74, 6) is -0.234. The third kappa shape index (κ3) is 3.91. The van der Waals surface area contributed by atoms with Gasteiger partial charge in [0.05, 0.1) is 23.8 Å². The van der Waals surface area contributed by atoms with Crippen LogP contribution in [0.25, 0.3) is 0 Å². The average Bonchev–Trinajstić information content (AvgIpc) is 2.68. The number of nitriles is 2. The number of nitrogens with zero attached hydrogens (tertiary/aromatic N) is 5. The second-order valence-electron chi connectivity index (χ2n) is 5.12. The van der Waals surface area contributed by atoms with E-state index in [-0.39, 0.29) is 34.9 Å². The molecule has 0 saturated carbocycles. The first-order valence-corrected chi connectivity index (χ1v) is 7.67. The van der Waals surface area contributed by atoms with Gasteiger partial charge in [-0.05, 0) is 31.2 Å². The van der Waals surface area contributed by atoms with Crippen molar-refractivity contribution in [3.63, 3.8) is 0 Å². The van der Waals surface area contributed by atoms with Crippen molar-refractivity contribution in [2.24, 2.45) is 5.10 Å². The Morgan fingerprint density at radius 2 is 2.07 bits per heavy atom. The SMILES string of the molecule is CCN1C(=O)C(=NNc2ccc(OC)cc2[N+](=O)[O-])C=CC1=C(C#N)C#N. The summed E-state index contributed by atoms with van der Waals surface area (Å²) in [6, 6.07) is 7.63. The van der Waals surface area contributed by atoms with E-state index in [4.69, 9.17) is 15.3 Å². The summed E-state index contributed by atoms with van der Waals surface area (Å²) in [7, 11) is 1.39. The van der Waals surface area contributed by atoms with E-state index in [1.807, 2.05) is 0 Å². The van der Waals surface area contributed by atoms with Gasteiger partial charge in [-0.15, -0.1) is 0 Å². The van der Waals surface area contributed by atoms with Gasteiger partial charge >= 0.3 is 0 Å². The Balaban J connectivity index is 2.40. The molecule has 1 aromatic carbocycles. The number of ether oxygens (including phenoxy) is 1. The van der Waals surface area contributed by atoms with E-state index in [0.717, 1.165) is 0 Å². The number of anilines is 1. The molecule has 27 heavy (non-hydrogen) atoms. The number of methoxy groups -OCH3 is 1. The molecule has 0 saturated heterocycles. The van der Waals surface area contributed by atoms with Gasteiger partial charge in [0.25, 0.3) is 11.6 Å². The highest BCUT2D eigenvalue weighted by molar-refractivity contribution is 6.44. The highest BCUT2D eigenvalue weighted by atomic mass is 16.6. The Morgan fingerprint density at radius 1 is 1.37 bits per heavy atom. The van der Waals surface area contributed by atoms with Crippen molar-refractivity contribution in [1.29, 1.82) is 10.5 Å². The summed E-state index contributed by atoms with van der Waals surface area (Å²) in [4.78, 5) is 24.4. The summed E-state index contributed by atoms with van der Waals surface area (Å²) in [6.45, 7) is 1.90. The van der Waals surface area contributed by atoms with Gasteiger partial charge in [-0.3, -0.25) is 20.3 Å². The van der Waals surface area contributed by atoms with Crippen LogP contribution < -0.4 is 10.2 Å². The standard InChI is InChI=1S/C17H14N6O4/c1-3-22-15(11(9-18)10-19)7-6-14(17(22)24)21-20-13-5-4-12(27-2)8-16(13)23(25)26/h4-8,20H,3H2,1-2H3. The number of hydrogen-bond donors (Lipinski definition) is 1. The molecule has 1 amide bonds. The first kappa shape index (κ1) is 19.1. The lowest BCUT2D eigenvalue weighted by Crippen LogP contribution is -2.38. The number of likely N-dealkylation sites (N-methyl/N-ethyl adjacent to an activating group) is 1. The minimum atomic E-state index is -0.602. The van der Waals surface area contributed by atoms with E-state index >= 15 is 0 Å². The van der Waals surface area contributed by atoms with Crippen LogP contribution in [0.4, 0.5) is 11.4 Å². The second kappa shape index (κ2) is 8.27. The topological polar surface area (TPSA) is 145 Å². The lowest BCUT2D eigenvalue weighted by molar-refractivity contribution is -0.384. The van der Waals surface area contributed by atoms with Gasteiger partial charge in [-0.1, -0.05) is 0 Å². The summed E-state index contributed by atoms with van der Waals surface area (Å²) in [6.07, 6.45) is 2.76. The van der Waals surface area contributed by atoms with Gasteiger partial charge in [0.1, 0.15) is 29.3 Å². The molecule has 10 nitrogen and oxygen atoms in total. The molecular weight excluding hydrogens is 352 g/mol. The number of hydrazone groups is 1. The van der Waals surface area contributed by atoms with Crippen molar-refractivity contribution in [3.05, 3.63) is 51.7 Å². The Bertz CT molecular complexity index is 949. The third-order valence-corrected chi connectivity index (χ3v) is 3.65. The van der Waals surface area contributed by atoms with Crippen LogP contribution >= 0.6 is 0 Å². The Morgan fingerprint density at radius 3 is 2.63 bits per heavy atom. The molecule has 0 fully saturated rings. The van der Waals surface area contributed by atoms with Crippen molar-refractivity contribution >= 4 is 23.0 Å². The lowest BCUT2D eigenvalue weighted by atomic mass is 10.1. The van der Waals surface area contributed by atoms with Gasteiger partial charge < -0.3 is 9.64 Å². The molecule has 0 bridgehead atoms. The minimum absolute atomic E-state index is 0.0269. The van der Waals surface area contributed by atoms with E-state index in [1.165, 1.54) is 42.4 Å². The molecule has 2 rings (SSSR count). The van der Waals surface area contributed by atoms with Gasteiger partial charge in [0.15, 0.2) is 5.57 Å².